The van der Waals surface area contributed by atoms with Gasteiger partial charge in [-0.25, -0.2) is 0 Å². The van der Waals surface area contributed by atoms with Crippen LogP contribution in [-0.4, -0.2) is 36.9 Å². The lowest BCUT2D eigenvalue weighted by atomic mass is 10.2. The molecule has 0 spiro atoms. The van der Waals surface area contributed by atoms with E-state index in [2.05, 4.69) is 17.2 Å². The Balaban J connectivity index is 2.67. The maximum absolute atomic E-state index is 12.0. The summed E-state index contributed by atoms with van der Waals surface area (Å²) < 4.78 is 5.25. The zero-order valence-corrected chi connectivity index (χ0v) is 12.3. The largest absolute Gasteiger partial charge is 0.384 e. The Kier molecular flexibility index (Phi) is 6.57. The molecule has 1 heterocycles. The maximum atomic E-state index is 12.0. The lowest BCUT2D eigenvalue weighted by Gasteiger charge is -2.12. The normalized spacial score (nSPS) is 11.6. The highest BCUT2D eigenvalue weighted by molar-refractivity contribution is 7.14. The highest BCUT2D eigenvalue weighted by atomic mass is 32.1. The summed E-state index contributed by atoms with van der Waals surface area (Å²) in [5.41, 5.74) is 0.952. The van der Waals surface area contributed by atoms with Crippen molar-refractivity contribution in [3.63, 3.8) is 0 Å². The smallest absolute Gasteiger partial charge is 0.261 e. The van der Waals surface area contributed by atoms with Crippen LogP contribution in [-0.2, 0) is 4.74 Å². The van der Waals surface area contributed by atoms with Crippen molar-refractivity contribution in [2.75, 3.05) is 19.8 Å². The number of carbonyl (C=O) groups excluding carboxylic acids is 1. The Morgan fingerprint density at radius 3 is 3.00 bits per heavy atom. The van der Waals surface area contributed by atoms with Gasteiger partial charge in [0.15, 0.2) is 0 Å². The molecule has 0 aliphatic heterocycles. The van der Waals surface area contributed by atoms with Crippen molar-refractivity contribution in [3.8, 4) is 11.8 Å². The minimum Gasteiger partial charge on any atom is -0.384 e. The number of rotatable bonds is 5. The van der Waals surface area contributed by atoms with Crippen molar-refractivity contribution in [3.05, 3.63) is 21.4 Å². The third-order valence-electron chi connectivity index (χ3n) is 2.37. The second kappa shape index (κ2) is 7.95. The van der Waals surface area contributed by atoms with E-state index in [1.165, 1.54) is 11.3 Å². The number of aliphatic hydroxyl groups is 1. The van der Waals surface area contributed by atoms with Crippen LogP contribution < -0.4 is 5.32 Å². The molecular weight excluding hydrogens is 262 g/mol. The summed E-state index contributed by atoms with van der Waals surface area (Å²) in [5, 5.41) is 11.6. The Labute approximate surface area is 117 Å². The first kappa shape index (κ1) is 15.7. The molecule has 0 aliphatic carbocycles. The molecule has 0 bridgehead atoms. The average Bonchev–Trinajstić information content (AvgIpc) is 2.75. The monoisotopic (exact) mass is 281 g/mol. The Bertz CT molecular complexity index is 485. The molecule has 1 amide bonds. The SMILES string of the molecule is CCOCC(C)NC(=O)c1cc(C)c(C#CCO)s1. The predicted molar refractivity (Wildman–Crippen MR) is 76.4 cm³/mol. The molecule has 0 saturated heterocycles. The van der Waals surface area contributed by atoms with Gasteiger partial charge >= 0.3 is 0 Å². The first-order valence-electron chi connectivity index (χ1n) is 6.17. The molecule has 19 heavy (non-hydrogen) atoms. The Morgan fingerprint density at radius 1 is 1.63 bits per heavy atom. The molecule has 4 nitrogen and oxygen atoms in total. The lowest BCUT2D eigenvalue weighted by Crippen LogP contribution is -2.35. The van der Waals surface area contributed by atoms with E-state index < -0.39 is 0 Å². The summed E-state index contributed by atoms with van der Waals surface area (Å²) in [5.74, 6) is 5.32. The zero-order chi connectivity index (χ0) is 14.3. The molecular formula is C14H19NO3S. The highest BCUT2D eigenvalue weighted by Gasteiger charge is 2.13. The number of ether oxygens (including phenoxy) is 1. The first-order chi connectivity index (χ1) is 9.08. The van der Waals surface area contributed by atoms with E-state index in [4.69, 9.17) is 9.84 Å². The summed E-state index contributed by atoms with van der Waals surface area (Å²) in [6.45, 7) is 6.69. The van der Waals surface area contributed by atoms with Crippen molar-refractivity contribution in [1.29, 1.82) is 0 Å². The fourth-order valence-corrected chi connectivity index (χ4v) is 2.42. The summed E-state index contributed by atoms with van der Waals surface area (Å²) in [6, 6.07) is 1.79. The van der Waals surface area contributed by atoms with Crippen molar-refractivity contribution >= 4 is 17.2 Å². The van der Waals surface area contributed by atoms with E-state index in [9.17, 15) is 4.79 Å². The van der Waals surface area contributed by atoms with Crippen LogP contribution in [0, 0.1) is 18.8 Å². The van der Waals surface area contributed by atoms with E-state index in [0.29, 0.717) is 18.1 Å². The van der Waals surface area contributed by atoms with Crippen LogP contribution >= 0.6 is 11.3 Å². The summed E-state index contributed by atoms with van der Waals surface area (Å²) in [7, 11) is 0. The van der Waals surface area contributed by atoms with Gasteiger partial charge in [0.2, 0.25) is 0 Å². The number of hydrogen-bond donors (Lipinski definition) is 2. The molecule has 0 aromatic carbocycles. The van der Waals surface area contributed by atoms with Gasteiger partial charge in [0.05, 0.1) is 16.4 Å². The van der Waals surface area contributed by atoms with Gasteiger partial charge in [-0.2, -0.15) is 0 Å². The number of aliphatic hydroxyl groups excluding tert-OH is 1. The molecule has 1 rings (SSSR count). The average molecular weight is 281 g/mol. The molecule has 1 aromatic rings. The molecule has 1 unspecified atom stereocenters. The standard InChI is InChI=1S/C14H19NO3S/c1-4-18-9-11(3)15-14(17)13-8-10(2)12(19-13)6-5-7-16/h8,11,16H,4,7,9H2,1-3H3,(H,15,17). The van der Waals surface area contributed by atoms with Gasteiger partial charge in [-0.3, -0.25) is 4.79 Å². The van der Waals surface area contributed by atoms with Crippen molar-refractivity contribution in [2.24, 2.45) is 0 Å². The van der Waals surface area contributed by atoms with E-state index in [-0.39, 0.29) is 18.6 Å². The van der Waals surface area contributed by atoms with Gasteiger partial charge in [-0.15, -0.1) is 11.3 Å². The topological polar surface area (TPSA) is 58.6 Å². The van der Waals surface area contributed by atoms with Crippen molar-refractivity contribution in [2.45, 2.75) is 26.8 Å². The van der Waals surface area contributed by atoms with Crippen LogP contribution in [0.3, 0.4) is 0 Å². The van der Waals surface area contributed by atoms with Crippen LogP contribution in [0.2, 0.25) is 0 Å². The minimum absolute atomic E-state index is 0.0261. The Hall–Kier alpha value is -1.35. The number of amides is 1. The summed E-state index contributed by atoms with van der Waals surface area (Å²) >= 11 is 1.34. The third kappa shape index (κ3) is 5.03. The number of thiophene rings is 1. The molecule has 0 radical (unpaired) electrons. The van der Waals surface area contributed by atoms with Gasteiger partial charge in [-0.05, 0) is 32.4 Å². The molecule has 1 aromatic heterocycles. The van der Waals surface area contributed by atoms with E-state index in [1.807, 2.05) is 26.8 Å². The van der Waals surface area contributed by atoms with Gasteiger partial charge in [0, 0.05) is 12.6 Å². The number of hydrogen-bond acceptors (Lipinski definition) is 4. The fraction of sp³-hybridized carbons (Fsp3) is 0.500. The second-order valence-corrected chi connectivity index (χ2v) is 5.17. The van der Waals surface area contributed by atoms with Gasteiger partial charge in [-0.1, -0.05) is 11.8 Å². The molecule has 0 aliphatic rings. The van der Waals surface area contributed by atoms with Gasteiger partial charge < -0.3 is 15.2 Å². The molecule has 5 heteroatoms. The van der Waals surface area contributed by atoms with E-state index in [1.54, 1.807) is 0 Å². The molecule has 2 N–H and O–H groups in total. The second-order valence-electron chi connectivity index (χ2n) is 4.12. The van der Waals surface area contributed by atoms with Crippen LogP contribution in [0.15, 0.2) is 6.07 Å². The Morgan fingerprint density at radius 2 is 2.37 bits per heavy atom. The van der Waals surface area contributed by atoms with Crippen LogP contribution in [0.1, 0.15) is 34.0 Å². The van der Waals surface area contributed by atoms with Crippen molar-refractivity contribution < 1.29 is 14.6 Å². The quantitative estimate of drug-likeness (QED) is 0.805. The third-order valence-corrected chi connectivity index (χ3v) is 3.52. The number of carbonyl (C=O) groups is 1. The van der Waals surface area contributed by atoms with E-state index >= 15 is 0 Å². The van der Waals surface area contributed by atoms with Gasteiger partial charge in [0.1, 0.15) is 6.61 Å². The van der Waals surface area contributed by atoms with Crippen LogP contribution in [0.25, 0.3) is 0 Å². The first-order valence-corrected chi connectivity index (χ1v) is 6.98. The minimum atomic E-state index is -0.176. The number of aryl methyl sites for hydroxylation is 1. The fourth-order valence-electron chi connectivity index (χ4n) is 1.47. The van der Waals surface area contributed by atoms with Crippen molar-refractivity contribution in [1.82, 2.24) is 5.32 Å². The molecule has 1 atom stereocenters. The molecule has 0 fully saturated rings. The molecule has 104 valence electrons. The predicted octanol–water partition coefficient (Wildman–Crippen LogP) is 1.56. The zero-order valence-electron chi connectivity index (χ0n) is 11.4. The lowest BCUT2D eigenvalue weighted by molar-refractivity contribution is 0.0875. The van der Waals surface area contributed by atoms with Crippen LogP contribution in [0.4, 0.5) is 0 Å². The summed E-state index contributed by atoms with van der Waals surface area (Å²) in [6.07, 6.45) is 0. The highest BCUT2D eigenvalue weighted by Crippen LogP contribution is 2.20. The summed E-state index contributed by atoms with van der Waals surface area (Å²) in [4.78, 5) is 13.4. The number of nitrogens with one attached hydrogen (secondary N) is 1. The van der Waals surface area contributed by atoms with Gasteiger partial charge in [0.25, 0.3) is 5.91 Å². The molecule has 0 saturated carbocycles. The van der Waals surface area contributed by atoms with E-state index in [0.717, 1.165) is 10.4 Å². The maximum Gasteiger partial charge on any atom is 0.261 e. The van der Waals surface area contributed by atoms with Crippen LogP contribution in [0.5, 0.6) is 0 Å².